The van der Waals surface area contributed by atoms with Crippen molar-refractivity contribution in [3.05, 3.63) is 35.0 Å². The van der Waals surface area contributed by atoms with Crippen LogP contribution >= 0.6 is 35.6 Å². The first-order valence-electron chi connectivity index (χ1n) is 8.55. The minimum atomic E-state index is -4.47. The molecule has 29 heavy (non-hydrogen) atoms. The number of alkyl halides is 3. The van der Waals surface area contributed by atoms with Crippen molar-refractivity contribution >= 4 is 47.4 Å². The minimum Gasteiger partial charge on any atom is -0.353 e. The Morgan fingerprint density at radius 2 is 2.14 bits per heavy atom. The molecule has 3 heterocycles. The molecule has 13 heteroatoms. The van der Waals surface area contributed by atoms with Crippen molar-refractivity contribution in [2.45, 2.75) is 25.2 Å². The van der Waals surface area contributed by atoms with Gasteiger partial charge < -0.3 is 15.5 Å². The van der Waals surface area contributed by atoms with Crippen molar-refractivity contribution in [3.8, 4) is 0 Å². The number of rotatable bonds is 4. The maximum absolute atomic E-state index is 12.8. The molecule has 1 fully saturated rings. The van der Waals surface area contributed by atoms with Gasteiger partial charge in [-0.1, -0.05) is 11.6 Å². The summed E-state index contributed by atoms with van der Waals surface area (Å²) in [5.74, 6) is 1.71. The quantitative estimate of drug-likeness (QED) is 0.350. The zero-order valence-electron chi connectivity index (χ0n) is 15.7. The van der Waals surface area contributed by atoms with E-state index < -0.39 is 11.7 Å². The molecule has 1 aliphatic heterocycles. The van der Waals surface area contributed by atoms with Crippen LogP contribution < -0.4 is 15.5 Å². The minimum absolute atomic E-state index is 0. The lowest BCUT2D eigenvalue weighted by molar-refractivity contribution is -0.137. The Morgan fingerprint density at radius 3 is 2.72 bits per heavy atom. The Morgan fingerprint density at radius 1 is 1.38 bits per heavy atom. The normalized spacial score (nSPS) is 17.2. The summed E-state index contributed by atoms with van der Waals surface area (Å²) in [7, 11) is 3.46. The Hall–Kier alpha value is -1.83. The molecule has 2 aromatic heterocycles. The summed E-state index contributed by atoms with van der Waals surface area (Å²) in [5, 5.41) is 10.4. The third kappa shape index (κ3) is 5.84. The van der Waals surface area contributed by atoms with E-state index in [4.69, 9.17) is 11.6 Å². The Kier molecular flexibility index (Phi) is 7.91. The fraction of sp³-hybridized carbons (Fsp3) is 0.500. The van der Waals surface area contributed by atoms with E-state index >= 15 is 0 Å². The number of anilines is 1. The van der Waals surface area contributed by atoms with Crippen LogP contribution in [0.4, 0.5) is 19.0 Å². The van der Waals surface area contributed by atoms with Gasteiger partial charge in [-0.25, -0.2) is 9.97 Å². The number of hydrogen-bond donors (Lipinski definition) is 2. The Labute approximate surface area is 188 Å². The molecule has 0 radical (unpaired) electrons. The average Bonchev–Trinajstić information content (AvgIpc) is 3.26. The third-order valence-electron chi connectivity index (χ3n) is 4.42. The number of aliphatic imine (C=N–C) groups is 1. The van der Waals surface area contributed by atoms with Gasteiger partial charge in [0.25, 0.3) is 0 Å². The molecule has 0 bridgehead atoms. The molecule has 0 spiro atoms. The standard InChI is InChI=1S/C16H20ClF3N8.HI/c1-21-15(23-7-13-24-9-25-27(13)2)26-11-3-4-28(8-11)14-12(17)5-10(6-22-14)16(18,19)20;/h5-6,9,11H,3-4,7-8H2,1-2H3,(H2,21,23,26);1H. The number of aryl methyl sites for hydroxylation is 1. The Bertz CT molecular complexity index is 857. The summed E-state index contributed by atoms with van der Waals surface area (Å²) in [6.45, 7) is 1.62. The lowest BCUT2D eigenvalue weighted by atomic mass is 10.2. The van der Waals surface area contributed by atoms with Crippen LogP contribution in [0.15, 0.2) is 23.6 Å². The first kappa shape index (κ1) is 23.4. The predicted octanol–water partition coefficient (Wildman–Crippen LogP) is 2.44. The SMILES string of the molecule is CN=C(NCc1ncnn1C)NC1CCN(c2ncc(C(F)(F)F)cc2Cl)C1.I. The number of halogens is 5. The van der Waals surface area contributed by atoms with Crippen molar-refractivity contribution < 1.29 is 13.2 Å². The number of pyridine rings is 1. The number of nitrogens with one attached hydrogen (secondary N) is 2. The maximum Gasteiger partial charge on any atom is 0.417 e. The molecule has 8 nitrogen and oxygen atoms in total. The molecule has 0 saturated carbocycles. The number of nitrogens with zero attached hydrogens (tertiary/aromatic N) is 6. The number of guanidine groups is 1. The smallest absolute Gasteiger partial charge is 0.353 e. The van der Waals surface area contributed by atoms with E-state index in [1.54, 1.807) is 18.8 Å². The highest BCUT2D eigenvalue weighted by molar-refractivity contribution is 14.0. The summed E-state index contributed by atoms with van der Waals surface area (Å²) in [6.07, 6.45) is -1.42. The van der Waals surface area contributed by atoms with E-state index in [0.717, 1.165) is 24.5 Å². The average molecular weight is 545 g/mol. The van der Waals surface area contributed by atoms with Gasteiger partial charge in [0.2, 0.25) is 0 Å². The van der Waals surface area contributed by atoms with Crippen LogP contribution in [0.5, 0.6) is 0 Å². The molecule has 3 rings (SSSR count). The van der Waals surface area contributed by atoms with Crippen LogP contribution in [-0.2, 0) is 19.8 Å². The largest absolute Gasteiger partial charge is 0.417 e. The molecule has 1 atom stereocenters. The van der Waals surface area contributed by atoms with Gasteiger partial charge in [0.1, 0.15) is 18.0 Å². The fourth-order valence-corrected chi connectivity index (χ4v) is 3.21. The lowest BCUT2D eigenvalue weighted by Crippen LogP contribution is -2.44. The zero-order valence-corrected chi connectivity index (χ0v) is 18.8. The van der Waals surface area contributed by atoms with E-state index in [1.807, 2.05) is 4.90 Å². The van der Waals surface area contributed by atoms with Gasteiger partial charge in [-0.2, -0.15) is 18.3 Å². The molecular weight excluding hydrogens is 524 g/mol. The second-order valence-corrected chi connectivity index (χ2v) is 6.74. The maximum atomic E-state index is 12.8. The Balaban J connectivity index is 0.00000300. The van der Waals surface area contributed by atoms with E-state index in [-0.39, 0.29) is 35.0 Å². The molecule has 0 aromatic carbocycles. The highest BCUT2D eigenvalue weighted by Gasteiger charge is 2.33. The van der Waals surface area contributed by atoms with Gasteiger partial charge in [0.15, 0.2) is 5.96 Å². The van der Waals surface area contributed by atoms with Gasteiger partial charge in [-0.05, 0) is 12.5 Å². The molecule has 1 unspecified atom stereocenters. The first-order chi connectivity index (χ1) is 13.3. The third-order valence-corrected chi connectivity index (χ3v) is 4.70. The van der Waals surface area contributed by atoms with Crippen LogP contribution in [-0.4, -0.2) is 51.9 Å². The van der Waals surface area contributed by atoms with Crippen molar-refractivity contribution in [2.75, 3.05) is 25.0 Å². The number of aromatic nitrogens is 4. The van der Waals surface area contributed by atoms with Crippen molar-refractivity contribution in [1.82, 2.24) is 30.4 Å². The van der Waals surface area contributed by atoms with Gasteiger partial charge in [0, 0.05) is 39.4 Å². The van der Waals surface area contributed by atoms with Gasteiger partial charge in [0.05, 0.1) is 17.1 Å². The van der Waals surface area contributed by atoms with Crippen molar-refractivity contribution in [3.63, 3.8) is 0 Å². The second-order valence-electron chi connectivity index (χ2n) is 6.33. The van der Waals surface area contributed by atoms with Crippen LogP contribution in [0.25, 0.3) is 0 Å². The molecular formula is C16H21ClF3IN8. The second kappa shape index (κ2) is 9.78. The van der Waals surface area contributed by atoms with Crippen molar-refractivity contribution in [1.29, 1.82) is 0 Å². The monoisotopic (exact) mass is 544 g/mol. The first-order valence-corrected chi connectivity index (χ1v) is 8.93. The van der Waals surface area contributed by atoms with E-state index in [2.05, 4.69) is 30.7 Å². The molecule has 1 aliphatic rings. The number of hydrogen-bond acceptors (Lipinski definition) is 5. The molecule has 0 amide bonds. The summed E-state index contributed by atoms with van der Waals surface area (Å²) in [6, 6.07) is 0.956. The highest BCUT2D eigenvalue weighted by Crippen LogP contribution is 2.34. The predicted molar refractivity (Wildman–Crippen MR) is 115 cm³/mol. The summed E-state index contributed by atoms with van der Waals surface area (Å²) in [5.41, 5.74) is -0.858. The van der Waals surface area contributed by atoms with Crippen molar-refractivity contribution in [2.24, 2.45) is 12.0 Å². The lowest BCUT2D eigenvalue weighted by Gasteiger charge is -2.21. The van der Waals surface area contributed by atoms with Gasteiger partial charge >= 0.3 is 6.18 Å². The van der Waals surface area contributed by atoms with Crippen LogP contribution in [0.3, 0.4) is 0 Å². The van der Waals surface area contributed by atoms with Crippen LogP contribution in [0.1, 0.15) is 17.8 Å². The molecule has 0 aliphatic carbocycles. The summed E-state index contributed by atoms with van der Waals surface area (Å²) in [4.78, 5) is 14.1. The topological polar surface area (TPSA) is 83.3 Å². The fourth-order valence-electron chi connectivity index (χ4n) is 2.92. The molecule has 2 aromatic rings. The molecule has 1 saturated heterocycles. The van der Waals surface area contributed by atoms with E-state index in [9.17, 15) is 13.2 Å². The summed E-state index contributed by atoms with van der Waals surface area (Å²) < 4.78 is 40.0. The van der Waals surface area contributed by atoms with Crippen LogP contribution in [0.2, 0.25) is 5.02 Å². The zero-order chi connectivity index (χ0) is 20.3. The van der Waals surface area contributed by atoms with E-state index in [0.29, 0.717) is 31.4 Å². The van der Waals surface area contributed by atoms with Gasteiger partial charge in [-0.3, -0.25) is 9.67 Å². The van der Waals surface area contributed by atoms with E-state index in [1.165, 1.54) is 6.33 Å². The van der Waals surface area contributed by atoms with Crippen LogP contribution in [0, 0.1) is 0 Å². The summed E-state index contributed by atoms with van der Waals surface area (Å²) >= 11 is 6.04. The molecule has 160 valence electrons. The highest BCUT2D eigenvalue weighted by atomic mass is 127. The van der Waals surface area contributed by atoms with Gasteiger partial charge in [-0.15, -0.1) is 24.0 Å². The molecule has 2 N–H and O–H groups in total.